The van der Waals surface area contributed by atoms with Crippen LogP contribution < -0.4 is 5.73 Å². The molecule has 1 aromatic rings. The number of hydrogen-bond donors (Lipinski definition) is 1. The molecule has 0 atom stereocenters. The number of aryl methyl sites for hydroxylation is 3. The van der Waals surface area contributed by atoms with Gasteiger partial charge in [-0.15, -0.1) is 0 Å². The Hall–Kier alpha value is -1.31. The van der Waals surface area contributed by atoms with E-state index in [1.54, 1.807) is 0 Å². The third kappa shape index (κ3) is 2.20. The molecule has 2 N–H and O–H groups in total. The standard InChI is InChI=1S/C13H18N2/c1-8-6-9(2)12(10(3)7-8)15-13(14)11-4-5-11/h6-7,11H,4-5H2,1-3H3,(H2,14,15). The minimum Gasteiger partial charge on any atom is -0.387 e. The predicted octanol–water partition coefficient (Wildman–Crippen LogP) is 3.01. The van der Waals surface area contributed by atoms with Crippen molar-refractivity contribution in [3.63, 3.8) is 0 Å². The molecule has 0 heterocycles. The summed E-state index contributed by atoms with van der Waals surface area (Å²) < 4.78 is 0. The molecule has 0 aromatic heterocycles. The van der Waals surface area contributed by atoms with Gasteiger partial charge in [0.2, 0.25) is 0 Å². The molecule has 1 saturated carbocycles. The van der Waals surface area contributed by atoms with Gasteiger partial charge in [0.1, 0.15) is 5.84 Å². The minimum atomic E-state index is 0.546. The summed E-state index contributed by atoms with van der Waals surface area (Å²) in [6.45, 7) is 6.30. The summed E-state index contributed by atoms with van der Waals surface area (Å²) in [4.78, 5) is 4.56. The zero-order chi connectivity index (χ0) is 11.0. The topological polar surface area (TPSA) is 38.4 Å². The molecule has 0 aliphatic heterocycles. The highest BCUT2D eigenvalue weighted by Gasteiger charge is 2.25. The molecule has 1 aliphatic carbocycles. The van der Waals surface area contributed by atoms with Crippen LogP contribution in [0.1, 0.15) is 29.5 Å². The molecular formula is C13H18N2. The quantitative estimate of drug-likeness (QED) is 0.581. The zero-order valence-electron chi connectivity index (χ0n) is 9.67. The summed E-state index contributed by atoms with van der Waals surface area (Å²) >= 11 is 0. The van der Waals surface area contributed by atoms with Gasteiger partial charge in [-0.25, -0.2) is 4.99 Å². The van der Waals surface area contributed by atoms with Crippen molar-refractivity contribution in [2.45, 2.75) is 33.6 Å². The van der Waals surface area contributed by atoms with Crippen LogP contribution in [-0.4, -0.2) is 5.84 Å². The smallest absolute Gasteiger partial charge is 0.103 e. The molecule has 0 amide bonds. The minimum absolute atomic E-state index is 0.546. The molecule has 0 spiro atoms. The molecule has 15 heavy (non-hydrogen) atoms. The van der Waals surface area contributed by atoms with E-state index in [2.05, 4.69) is 37.9 Å². The number of nitrogens with zero attached hydrogens (tertiary/aromatic N) is 1. The van der Waals surface area contributed by atoms with Crippen molar-refractivity contribution in [2.75, 3.05) is 0 Å². The van der Waals surface area contributed by atoms with Crippen molar-refractivity contribution in [3.8, 4) is 0 Å². The fraction of sp³-hybridized carbons (Fsp3) is 0.462. The van der Waals surface area contributed by atoms with Gasteiger partial charge in [-0.1, -0.05) is 17.7 Å². The maximum absolute atomic E-state index is 5.94. The summed E-state index contributed by atoms with van der Waals surface area (Å²) in [7, 11) is 0. The highest BCUT2D eigenvalue weighted by atomic mass is 14.9. The number of aliphatic imine (C=N–C) groups is 1. The van der Waals surface area contributed by atoms with Crippen LogP contribution in [-0.2, 0) is 0 Å². The van der Waals surface area contributed by atoms with Crippen molar-refractivity contribution >= 4 is 11.5 Å². The Balaban J connectivity index is 2.39. The molecule has 0 bridgehead atoms. The van der Waals surface area contributed by atoms with Crippen LogP contribution in [0.5, 0.6) is 0 Å². The van der Waals surface area contributed by atoms with E-state index in [1.807, 2.05) is 0 Å². The Kier molecular flexibility index (Phi) is 2.51. The zero-order valence-corrected chi connectivity index (χ0v) is 9.67. The monoisotopic (exact) mass is 202 g/mol. The Bertz CT molecular complexity index is 392. The molecule has 2 heteroatoms. The molecule has 1 fully saturated rings. The fourth-order valence-electron chi connectivity index (χ4n) is 1.95. The fourth-order valence-corrected chi connectivity index (χ4v) is 1.95. The van der Waals surface area contributed by atoms with E-state index in [1.165, 1.54) is 29.5 Å². The van der Waals surface area contributed by atoms with Crippen LogP contribution in [0.3, 0.4) is 0 Å². The first-order valence-corrected chi connectivity index (χ1v) is 5.50. The first kappa shape index (κ1) is 10.2. The lowest BCUT2D eigenvalue weighted by Gasteiger charge is -2.07. The van der Waals surface area contributed by atoms with Gasteiger partial charge >= 0.3 is 0 Å². The van der Waals surface area contributed by atoms with E-state index < -0.39 is 0 Å². The van der Waals surface area contributed by atoms with Gasteiger partial charge in [-0.05, 0) is 44.7 Å². The van der Waals surface area contributed by atoms with Gasteiger partial charge in [0, 0.05) is 5.92 Å². The largest absolute Gasteiger partial charge is 0.387 e. The van der Waals surface area contributed by atoms with Crippen molar-refractivity contribution < 1.29 is 0 Å². The Morgan fingerprint density at radius 3 is 2.20 bits per heavy atom. The third-order valence-corrected chi connectivity index (χ3v) is 2.87. The van der Waals surface area contributed by atoms with Crippen LogP contribution in [0.4, 0.5) is 5.69 Å². The van der Waals surface area contributed by atoms with Gasteiger partial charge in [-0.2, -0.15) is 0 Å². The lowest BCUT2D eigenvalue weighted by Crippen LogP contribution is -2.13. The Morgan fingerprint density at radius 1 is 1.20 bits per heavy atom. The second kappa shape index (κ2) is 3.69. The van der Waals surface area contributed by atoms with Crippen LogP contribution in [0.2, 0.25) is 0 Å². The molecule has 0 radical (unpaired) electrons. The van der Waals surface area contributed by atoms with E-state index in [0.717, 1.165) is 11.5 Å². The van der Waals surface area contributed by atoms with Crippen LogP contribution in [0.15, 0.2) is 17.1 Å². The normalized spacial score (nSPS) is 16.9. The summed E-state index contributed by atoms with van der Waals surface area (Å²) in [6, 6.07) is 4.32. The number of benzene rings is 1. The second-order valence-electron chi connectivity index (χ2n) is 4.56. The summed E-state index contributed by atoms with van der Waals surface area (Å²) in [5.74, 6) is 1.36. The predicted molar refractivity (Wildman–Crippen MR) is 64.7 cm³/mol. The SMILES string of the molecule is Cc1cc(C)c(N=C(N)C2CC2)c(C)c1. The molecule has 2 nitrogen and oxygen atoms in total. The van der Waals surface area contributed by atoms with Gasteiger partial charge in [-0.3, -0.25) is 0 Å². The molecular weight excluding hydrogens is 184 g/mol. The number of rotatable bonds is 2. The van der Waals surface area contributed by atoms with E-state index in [9.17, 15) is 0 Å². The van der Waals surface area contributed by atoms with E-state index in [4.69, 9.17) is 5.73 Å². The van der Waals surface area contributed by atoms with E-state index in [-0.39, 0.29) is 0 Å². The first-order valence-electron chi connectivity index (χ1n) is 5.50. The van der Waals surface area contributed by atoms with E-state index >= 15 is 0 Å². The molecule has 1 aliphatic rings. The van der Waals surface area contributed by atoms with Crippen molar-refractivity contribution in [2.24, 2.45) is 16.6 Å². The average molecular weight is 202 g/mol. The maximum atomic E-state index is 5.94. The molecule has 0 saturated heterocycles. The van der Waals surface area contributed by atoms with Crippen LogP contribution >= 0.6 is 0 Å². The molecule has 1 aromatic carbocycles. The molecule has 0 unspecified atom stereocenters. The Morgan fingerprint density at radius 2 is 1.73 bits per heavy atom. The molecule has 80 valence electrons. The number of amidine groups is 1. The number of nitrogens with two attached hydrogens (primary N) is 1. The third-order valence-electron chi connectivity index (χ3n) is 2.87. The lowest BCUT2D eigenvalue weighted by atomic mass is 10.1. The highest BCUT2D eigenvalue weighted by Crippen LogP contribution is 2.32. The lowest BCUT2D eigenvalue weighted by molar-refractivity contribution is 1.14. The maximum Gasteiger partial charge on any atom is 0.103 e. The highest BCUT2D eigenvalue weighted by molar-refractivity contribution is 5.88. The number of hydrogen-bond acceptors (Lipinski definition) is 1. The second-order valence-corrected chi connectivity index (χ2v) is 4.56. The molecule has 2 rings (SSSR count). The van der Waals surface area contributed by atoms with Gasteiger partial charge < -0.3 is 5.73 Å². The van der Waals surface area contributed by atoms with Gasteiger partial charge in [0.25, 0.3) is 0 Å². The average Bonchev–Trinajstić information content (AvgIpc) is 2.93. The first-order chi connectivity index (χ1) is 7.08. The van der Waals surface area contributed by atoms with Crippen LogP contribution in [0.25, 0.3) is 0 Å². The summed E-state index contributed by atoms with van der Waals surface area (Å²) in [5, 5.41) is 0. The van der Waals surface area contributed by atoms with E-state index in [0.29, 0.717) is 5.92 Å². The summed E-state index contributed by atoms with van der Waals surface area (Å²) in [5.41, 5.74) is 10.7. The van der Waals surface area contributed by atoms with Crippen molar-refractivity contribution in [1.29, 1.82) is 0 Å². The van der Waals surface area contributed by atoms with Gasteiger partial charge in [0.05, 0.1) is 5.69 Å². The van der Waals surface area contributed by atoms with Crippen molar-refractivity contribution in [3.05, 3.63) is 28.8 Å². The summed E-state index contributed by atoms with van der Waals surface area (Å²) in [6.07, 6.45) is 2.42. The van der Waals surface area contributed by atoms with Crippen molar-refractivity contribution in [1.82, 2.24) is 0 Å². The Labute approximate surface area is 91.2 Å². The van der Waals surface area contributed by atoms with Gasteiger partial charge in [0.15, 0.2) is 0 Å². The van der Waals surface area contributed by atoms with Crippen LogP contribution in [0, 0.1) is 26.7 Å².